The summed E-state index contributed by atoms with van der Waals surface area (Å²) < 4.78 is 15.6. The number of aryl methyl sites for hydroxylation is 1. The van der Waals surface area contributed by atoms with Gasteiger partial charge in [-0.1, -0.05) is 6.58 Å². The number of phenols is 1. The molecule has 0 aromatic heterocycles. The highest BCUT2D eigenvalue weighted by molar-refractivity contribution is 5.91. The SMILES string of the molecule is C=CC(=O)OCCCOc1ccc(C(=O)Oc2ccc(O)c(C)c2)cc1. The molecule has 0 bridgehead atoms. The number of hydrogen-bond acceptors (Lipinski definition) is 6. The van der Waals surface area contributed by atoms with E-state index >= 15 is 0 Å². The molecule has 0 aliphatic carbocycles. The molecule has 26 heavy (non-hydrogen) atoms. The molecule has 0 spiro atoms. The molecule has 2 rings (SSSR count). The van der Waals surface area contributed by atoms with Crippen LogP contribution >= 0.6 is 0 Å². The third-order valence-electron chi connectivity index (χ3n) is 3.44. The van der Waals surface area contributed by atoms with Gasteiger partial charge in [0.25, 0.3) is 0 Å². The molecule has 0 amide bonds. The van der Waals surface area contributed by atoms with Gasteiger partial charge in [0.1, 0.15) is 17.2 Å². The molecular weight excluding hydrogens is 336 g/mol. The summed E-state index contributed by atoms with van der Waals surface area (Å²) in [6.07, 6.45) is 1.65. The van der Waals surface area contributed by atoms with E-state index in [9.17, 15) is 14.7 Å². The first-order valence-corrected chi connectivity index (χ1v) is 8.03. The Hall–Kier alpha value is -3.28. The third kappa shape index (κ3) is 5.66. The van der Waals surface area contributed by atoms with E-state index in [4.69, 9.17) is 14.2 Å². The third-order valence-corrected chi connectivity index (χ3v) is 3.44. The second-order valence-corrected chi connectivity index (χ2v) is 5.44. The van der Waals surface area contributed by atoms with E-state index in [1.807, 2.05) is 0 Å². The van der Waals surface area contributed by atoms with Gasteiger partial charge in [0.15, 0.2) is 0 Å². The topological polar surface area (TPSA) is 82.1 Å². The molecule has 0 aliphatic rings. The Bertz CT molecular complexity index is 779. The number of aromatic hydroxyl groups is 1. The standard InChI is InChI=1S/C20H20O6/c1-3-19(22)25-12-4-11-24-16-7-5-15(6-8-16)20(23)26-17-9-10-18(21)14(2)13-17/h3,5-10,13,21H,1,4,11-12H2,2H3. The minimum atomic E-state index is -0.502. The maximum Gasteiger partial charge on any atom is 0.343 e. The molecule has 2 aromatic carbocycles. The first-order chi connectivity index (χ1) is 12.5. The van der Waals surface area contributed by atoms with Crippen LogP contribution in [0.5, 0.6) is 17.2 Å². The van der Waals surface area contributed by atoms with Crippen molar-refractivity contribution < 1.29 is 28.9 Å². The molecule has 0 radical (unpaired) electrons. The summed E-state index contributed by atoms with van der Waals surface area (Å²) in [5.74, 6) is 0.136. The first-order valence-electron chi connectivity index (χ1n) is 8.03. The molecule has 0 saturated carbocycles. The molecule has 6 nitrogen and oxygen atoms in total. The number of benzene rings is 2. The Kier molecular flexibility index (Phi) is 6.79. The van der Waals surface area contributed by atoms with Crippen LogP contribution in [0.15, 0.2) is 55.1 Å². The van der Waals surface area contributed by atoms with Crippen molar-refractivity contribution in [2.75, 3.05) is 13.2 Å². The van der Waals surface area contributed by atoms with Crippen LogP contribution in [0, 0.1) is 6.92 Å². The molecule has 0 atom stereocenters. The van der Waals surface area contributed by atoms with E-state index in [0.29, 0.717) is 35.7 Å². The van der Waals surface area contributed by atoms with E-state index in [2.05, 4.69) is 6.58 Å². The van der Waals surface area contributed by atoms with E-state index in [-0.39, 0.29) is 12.4 Å². The fraction of sp³-hybridized carbons (Fsp3) is 0.200. The van der Waals surface area contributed by atoms with Crippen molar-refractivity contribution in [3.05, 3.63) is 66.2 Å². The smallest absolute Gasteiger partial charge is 0.343 e. The Morgan fingerprint density at radius 1 is 1.08 bits per heavy atom. The van der Waals surface area contributed by atoms with Gasteiger partial charge in [0.05, 0.1) is 18.8 Å². The summed E-state index contributed by atoms with van der Waals surface area (Å²) in [7, 11) is 0. The van der Waals surface area contributed by atoms with E-state index < -0.39 is 11.9 Å². The molecule has 2 aromatic rings. The largest absolute Gasteiger partial charge is 0.508 e. The van der Waals surface area contributed by atoms with Gasteiger partial charge in [-0.3, -0.25) is 0 Å². The monoisotopic (exact) mass is 356 g/mol. The lowest BCUT2D eigenvalue weighted by Gasteiger charge is -2.08. The highest BCUT2D eigenvalue weighted by Crippen LogP contribution is 2.23. The number of esters is 2. The van der Waals surface area contributed by atoms with Gasteiger partial charge in [-0.25, -0.2) is 9.59 Å². The summed E-state index contributed by atoms with van der Waals surface area (Å²) in [6, 6.07) is 11.1. The number of hydrogen-bond donors (Lipinski definition) is 1. The van der Waals surface area contributed by atoms with Gasteiger partial charge in [0.2, 0.25) is 0 Å². The molecule has 6 heteroatoms. The van der Waals surface area contributed by atoms with Crippen molar-refractivity contribution in [1.29, 1.82) is 0 Å². The highest BCUT2D eigenvalue weighted by Gasteiger charge is 2.10. The van der Waals surface area contributed by atoms with Crippen LogP contribution < -0.4 is 9.47 Å². The minimum absolute atomic E-state index is 0.144. The average Bonchev–Trinajstić information content (AvgIpc) is 2.64. The maximum absolute atomic E-state index is 12.1. The van der Waals surface area contributed by atoms with Crippen molar-refractivity contribution in [1.82, 2.24) is 0 Å². The van der Waals surface area contributed by atoms with E-state index in [0.717, 1.165) is 6.08 Å². The van der Waals surface area contributed by atoms with E-state index in [1.165, 1.54) is 12.1 Å². The van der Waals surface area contributed by atoms with Crippen LogP contribution in [0.25, 0.3) is 0 Å². The van der Waals surface area contributed by atoms with E-state index in [1.54, 1.807) is 37.3 Å². The Morgan fingerprint density at radius 3 is 2.42 bits per heavy atom. The van der Waals surface area contributed by atoms with Gasteiger partial charge in [-0.2, -0.15) is 0 Å². The van der Waals surface area contributed by atoms with Crippen molar-refractivity contribution >= 4 is 11.9 Å². The zero-order chi connectivity index (χ0) is 18.9. The van der Waals surface area contributed by atoms with Crippen LogP contribution in [-0.2, 0) is 9.53 Å². The predicted octanol–water partition coefficient (Wildman–Crippen LogP) is 3.42. The van der Waals surface area contributed by atoms with Crippen LogP contribution in [0.2, 0.25) is 0 Å². The lowest BCUT2D eigenvalue weighted by atomic mass is 10.2. The molecule has 1 N–H and O–H groups in total. The Labute approximate surface area is 151 Å². The Morgan fingerprint density at radius 2 is 1.77 bits per heavy atom. The van der Waals surface area contributed by atoms with Crippen molar-refractivity contribution in [2.24, 2.45) is 0 Å². The fourth-order valence-corrected chi connectivity index (χ4v) is 2.03. The average molecular weight is 356 g/mol. The van der Waals surface area contributed by atoms with Crippen LogP contribution in [-0.4, -0.2) is 30.3 Å². The van der Waals surface area contributed by atoms with Gasteiger partial charge in [0, 0.05) is 12.5 Å². The summed E-state index contributed by atoms with van der Waals surface area (Å²) >= 11 is 0. The minimum Gasteiger partial charge on any atom is -0.508 e. The van der Waals surface area contributed by atoms with Gasteiger partial charge >= 0.3 is 11.9 Å². The normalized spacial score (nSPS) is 10.0. The zero-order valence-electron chi connectivity index (χ0n) is 14.4. The molecule has 0 unspecified atom stereocenters. The number of carbonyl (C=O) groups excluding carboxylic acids is 2. The zero-order valence-corrected chi connectivity index (χ0v) is 14.4. The Balaban J connectivity index is 1.82. The van der Waals surface area contributed by atoms with Crippen LogP contribution in [0.4, 0.5) is 0 Å². The maximum atomic E-state index is 12.1. The summed E-state index contributed by atoms with van der Waals surface area (Å²) in [4.78, 5) is 23.0. The lowest BCUT2D eigenvalue weighted by molar-refractivity contribution is -0.137. The molecule has 0 fully saturated rings. The molecule has 0 aliphatic heterocycles. The lowest BCUT2D eigenvalue weighted by Crippen LogP contribution is -2.09. The van der Waals surface area contributed by atoms with Crippen molar-refractivity contribution in [2.45, 2.75) is 13.3 Å². The van der Waals surface area contributed by atoms with Crippen LogP contribution in [0.1, 0.15) is 22.3 Å². The van der Waals surface area contributed by atoms with Crippen molar-refractivity contribution in [3.63, 3.8) is 0 Å². The number of phenolic OH excluding ortho intramolecular Hbond substituents is 1. The van der Waals surface area contributed by atoms with Crippen LogP contribution in [0.3, 0.4) is 0 Å². The number of rotatable bonds is 8. The molecule has 0 saturated heterocycles. The predicted molar refractivity (Wildman–Crippen MR) is 95.5 cm³/mol. The van der Waals surface area contributed by atoms with Gasteiger partial charge in [-0.15, -0.1) is 0 Å². The van der Waals surface area contributed by atoms with Crippen molar-refractivity contribution in [3.8, 4) is 17.2 Å². The summed E-state index contributed by atoms with van der Waals surface area (Å²) in [5.41, 5.74) is 1.00. The molecule has 136 valence electrons. The second-order valence-electron chi connectivity index (χ2n) is 5.44. The number of carbonyl (C=O) groups is 2. The second kappa shape index (κ2) is 9.27. The van der Waals surface area contributed by atoms with Gasteiger partial charge < -0.3 is 19.3 Å². The molecule has 0 heterocycles. The summed E-state index contributed by atoms with van der Waals surface area (Å²) in [5, 5.41) is 9.49. The quantitative estimate of drug-likeness (QED) is 0.338. The van der Waals surface area contributed by atoms with Gasteiger partial charge in [-0.05, 0) is 55.0 Å². The summed E-state index contributed by atoms with van der Waals surface area (Å²) in [6.45, 7) is 5.66. The highest BCUT2D eigenvalue weighted by atomic mass is 16.5. The molecular formula is C20H20O6. The number of ether oxygens (including phenoxy) is 3. The first kappa shape index (κ1) is 19.1. The fourth-order valence-electron chi connectivity index (χ4n) is 2.03.